The second kappa shape index (κ2) is 30.1. The molecule has 0 bridgehead atoms. The Morgan fingerprint density at radius 1 is 0.447 bits per heavy atom. The van der Waals surface area contributed by atoms with E-state index in [1.807, 2.05) is 237 Å². The first-order valence-electron chi connectivity index (χ1n) is 28.7. The molecule has 2 aliphatic heterocycles. The number of hydrogen-bond acceptors (Lipinski definition) is 14. The van der Waals surface area contributed by atoms with Crippen LogP contribution in [0.1, 0.15) is 43.9 Å². The predicted octanol–water partition coefficient (Wildman–Crippen LogP) is 12.5. The molecule has 3 heterocycles. The van der Waals surface area contributed by atoms with E-state index in [-0.39, 0.29) is 58.5 Å². The van der Waals surface area contributed by atoms with Gasteiger partial charge >= 0.3 is 5.97 Å². The number of methoxy groups -OCH3 is 1. The van der Waals surface area contributed by atoms with Crippen LogP contribution in [-0.4, -0.2) is 92.7 Å². The number of aromatic nitrogens is 1. The topological polar surface area (TPSA) is 141 Å². The van der Waals surface area contributed by atoms with Gasteiger partial charge in [-0.25, -0.2) is 9.78 Å². The first-order chi connectivity index (χ1) is 42.0. The third-order valence-corrected chi connectivity index (χ3v) is 14.8. The van der Waals surface area contributed by atoms with Gasteiger partial charge in [-0.2, -0.15) is 0 Å². The number of ether oxygens (including phenoxy) is 12. The quantitative estimate of drug-likeness (QED) is 0.0430. The number of esters is 1. The number of carbonyl (C=O) groups is 1. The van der Waals surface area contributed by atoms with Gasteiger partial charge in [0.1, 0.15) is 72.6 Å². The molecule has 436 valence electrons. The van der Waals surface area contributed by atoms with Gasteiger partial charge in [0.2, 0.25) is 6.29 Å². The molecule has 2 saturated heterocycles. The van der Waals surface area contributed by atoms with Crippen LogP contribution in [0.5, 0.6) is 11.5 Å². The van der Waals surface area contributed by atoms with E-state index in [2.05, 4.69) is 4.98 Å². The van der Waals surface area contributed by atoms with Crippen LogP contribution in [0.2, 0.25) is 0 Å². The summed E-state index contributed by atoms with van der Waals surface area (Å²) in [5.74, 6) is 0.543. The minimum absolute atomic E-state index is 0.0276. The zero-order valence-corrected chi connectivity index (χ0v) is 47.3. The van der Waals surface area contributed by atoms with Crippen molar-refractivity contribution in [2.75, 3.05) is 20.3 Å². The lowest BCUT2D eigenvalue weighted by molar-refractivity contribution is -0.334. The van der Waals surface area contributed by atoms with E-state index in [4.69, 9.17) is 56.8 Å². The number of carbonyl (C=O) groups excluding carboxylic acids is 1. The summed E-state index contributed by atoms with van der Waals surface area (Å²) in [6.07, 6.45) is -9.80. The normalized spacial score (nSPS) is 21.5. The Hall–Kier alpha value is -8.12. The van der Waals surface area contributed by atoms with Crippen molar-refractivity contribution in [2.45, 2.75) is 101 Å². The van der Waals surface area contributed by atoms with E-state index >= 15 is 0 Å². The third kappa shape index (κ3) is 16.2. The minimum atomic E-state index is -1.21. The molecule has 0 aliphatic carbocycles. The van der Waals surface area contributed by atoms with Crippen LogP contribution in [0.25, 0.3) is 10.9 Å². The molecular weight excluding hydrogens is 1070 g/mol. The van der Waals surface area contributed by atoms with Crippen LogP contribution < -0.4 is 9.47 Å². The Morgan fingerprint density at radius 3 is 1.45 bits per heavy atom. The molecule has 14 nitrogen and oxygen atoms in total. The van der Waals surface area contributed by atoms with Crippen LogP contribution >= 0.6 is 0 Å². The molecule has 1 aromatic heterocycles. The standard InChI is InChI=1S/C71H69NO13/c1-74-57-37-39-58(40-38-57)82-70-67(79-46-54-30-16-6-17-31-54)66(78-45-53-28-14-5-15-29-53)64(62(83-70)48-75-42-50-22-8-2-9-23-50)85-71-68(80-47-55-32-18-7-19-33-55)65(77-44-52-26-12-4-13-27-52)63(84-71)61(76-43-51-24-10-3-11-25-51)49-81-69(73)60-41-36-56-34-20-21-35-59(56)72-60/h2-41,61-68,70-71H,42-49H2,1H3/t61-,62+,63-,64-,65-,66-,67+,68+,70+,71?/m0/s1. The SMILES string of the molecule is COc1ccc(O[C@@H]2O[C@H](COCc3ccccc3)[C@H](OC3O[C@@H]([C@H](COC(=O)c4ccc5ccccc5n4)OCc4ccccc4)[C@H](OCc4ccccc4)[C@H]3OCc3ccccc3)[C@H](OCc3ccccc3)[C@H]2OCc2ccccc2)cc1. The number of hydrogen-bond donors (Lipinski definition) is 0. The fourth-order valence-electron chi connectivity index (χ4n) is 10.4. The zero-order valence-electron chi connectivity index (χ0n) is 47.3. The second-order valence-electron chi connectivity index (χ2n) is 20.8. The van der Waals surface area contributed by atoms with Crippen LogP contribution in [0.4, 0.5) is 0 Å². The monoisotopic (exact) mass is 1140 g/mol. The minimum Gasteiger partial charge on any atom is -0.497 e. The highest BCUT2D eigenvalue weighted by Crippen LogP contribution is 2.38. The summed E-state index contributed by atoms with van der Waals surface area (Å²) < 4.78 is 82.4. The number of nitrogens with zero attached hydrogens (tertiary/aromatic N) is 1. The van der Waals surface area contributed by atoms with E-state index < -0.39 is 67.4 Å². The Bertz CT molecular complexity index is 3410. The molecule has 85 heavy (non-hydrogen) atoms. The molecule has 8 aromatic carbocycles. The average Bonchev–Trinajstić information content (AvgIpc) is 4.17. The lowest BCUT2D eigenvalue weighted by Crippen LogP contribution is -2.63. The second-order valence-corrected chi connectivity index (χ2v) is 20.8. The molecule has 0 N–H and O–H groups in total. The molecule has 2 aliphatic rings. The first-order valence-corrected chi connectivity index (χ1v) is 28.7. The van der Waals surface area contributed by atoms with Gasteiger partial charge in [-0.15, -0.1) is 0 Å². The lowest BCUT2D eigenvalue weighted by Gasteiger charge is -2.46. The molecule has 2 fully saturated rings. The maximum Gasteiger partial charge on any atom is 0.357 e. The maximum atomic E-state index is 14.2. The largest absolute Gasteiger partial charge is 0.497 e. The van der Waals surface area contributed by atoms with Crippen LogP contribution in [0.15, 0.2) is 243 Å². The van der Waals surface area contributed by atoms with Crippen molar-refractivity contribution in [1.29, 1.82) is 0 Å². The summed E-state index contributed by atoms with van der Waals surface area (Å²) in [4.78, 5) is 18.8. The Morgan fingerprint density at radius 2 is 0.906 bits per heavy atom. The number of rotatable bonds is 28. The summed E-state index contributed by atoms with van der Waals surface area (Å²) >= 11 is 0. The predicted molar refractivity (Wildman–Crippen MR) is 319 cm³/mol. The number of fused-ring (bicyclic) bond motifs is 1. The van der Waals surface area contributed by atoms with Gasteiger partial charge < -0.3 is 56.8 Å². The number of pyridine rings is 1. The van der Waals surface area contributed by atoms with Crippen molar-refractivity contribution in [3.8, 4) is 11.5 Å². The van der Waals surface area contributed by atoms with Gasteiger partial charge in [0.25, 0.3) is 0 Å². The van der Waals surface area contributed by atoms with E-state index in [0.717, 1.165) is 38.8 Å². The van der Waals surface area contributed by atoms with Crippen molar-refractivity contribution >= 4 is 16.9 Å². The summed E-state index contributed by atoms with van der Waals surface area (Å²) in [6.45, 7) is 0.866. The fraction of sp³-hybridized carbons (Fsp3) is 0.268. The Kier molecular flexibility index (Phi) is 20.8. The maximum absolute atomic E-state index is 14.2. The van der Waals surface area contributed by atoms with Crippen LogP contribution in [-0.2, 0) is 87.0 Å². The van der Waals surface area contributed by atoms with E-state index in [0.29, 0.717) is 17.0 Å². The van der Waals surface area contributed by atoms with E-state index in [1.54, 1.807) is 13.2 Å². The molecule has 0 radical (unpaired) electrons. The van der Waals surface area contributed by atoms with Crippen LogP contribution in [0.3, 0.4) is 0 Å². The molecule has 0 amide bonds. The summed E-state index contributed by atoms with van der Waals surface area (Å²) in [5.41, 5.74) is 6.33. The molecule has 0 saturated carbocycles. The molecule has 0 spiro atoms. The number of para-hydroxylation sites is 1. The van der Waals surface area contributed by atoms with Crippen molar-refractivity contribution in [1.82, 2.24) is 4.98 Å². The third-order valence-electron chi connectivity index (χ3n) is 14.8. The molecule has 10 atom stereocenters. The summed E-state index contributed by atoms with van der Waals surface area (Å²) in [6, 6.07) is 77.7. The first kappa shape index (κ1) is 58.6. The van der Waals surface area contributed by atoms with Crippen molar-refractivity contribution in [3.63, 3.8) is 0 Å². The van der Waals surface area contributed by atoms with Gasteiger partial charge in [-0.1, -0.05) is 206 Å². The zero-order chi connectivity index (χ0) is 57.8. The van der Waals surface area contributed by atoms with Crippen LogP contribution in [0, 0.1) is 0 Å². The average molecular weight is 1140 g/mol. The summed E-state index contributed by atoms with van der Waals surface area (Å²) in [7, 11) is 1.62. The Balaban J connectivity index is 0.992. The van der Waals surface area contributed by atoms with Gasteiger partial charge in [-0.3, -0.25) is 0 Å². The smallest absolute Gasteiger partial charge is 0.357 e. The van der Waals surface area contributed by atoms with Crippen molar-refractivity contribution < 1.29 is 61.6 Å². The molecule has 9 aromatic rings. The van der Waals surface area contributed by atoms with Gasteiger partial charge in [-0.05, 0) is 69.8 Å². The molecular formula is C71H69NO13. The van der Waals surface area contributed by atoms with E-state index in [9.17, 15) is 4.79 Å². The van der Waals surface area contributed by atoms with Gasteiger partial charge in [0.15, 0.2) is 6.29 Å². The molecule has 1 unspecified atom stereocenters. The highest BCUT2D eigenvalue weighted by Gasteiger charge is 2.56. The molecule has 14 heteroatoms. The van der Waals surface area contributed by atoms with Crippen molar-refractivity contribution in [3.05, 3.63) is 282 Å². The molecule has 11 rings (SSSR count). The summed E-state index contributed by atoms with van der Waals surface area (Å²) in [5, 5.41) is 0.892. The Labute approximate surface area is 496 Å². The fourth-order valence-corrected chi connectivity index (χ4v) is 10.4. The van der Waals surface area contributed by atoms with E-state index in [1.165, 1.54) is 0 Å². The van der Waals surface area contributed by atoms with Gasteiger partial charge in [0.05, 0.1) is 58.9 Å². The lowest BCUT2D eigenvalue weighted by atomic mass is 9.97. The highest BCUT2D eigenvalue weighted by atomic mass is 16.8. The number of benzene rings is 8. The van der Waals surface area contributed by atoms with Crippen molar-refractivity contribution in [2.24, 2.45) is 0 Å². The highest BCUT2D eigenvalue weighted by molar-refractivity contribution is 5.91. The van der Waals surface area contributed by atoms with Gasteiger partial charge in [0, 0.05) is 5.39 Å².